The Morgan fingerprint density at radius 1 is 0.968 bits per heavy atom. The van der Waals surface area contributed by atoms with E-state index in [9.17, 15) is 0 Å². The topological polar surface area (TPSA) is 81.9 Å². The maximum absolute atomic E-state index is 5.36. The van der Waals surface area contributed by atoms with Crippen molar-refractivity contribution < 1.29 is 14.2 Å². The maximum Gasteiger partial charge on any atom is 0.196 e. The van der Waals surface area contributed by atoms with Crippen molar-refractivity contribution in [3.8, 4) is 22.9 Å². The summed E-state index contributed by atoms with van der Waals surface area (Å²) in [5.74, 6) is 2.79. The molecule has 166 valence electrons. The Balaban J connectivity index is 0.00000341. The van der Waals surface area contributed by atoms with E-state index in [2.05, 4.69) is 20.7 Å². The molecule has 0 fully saturated rings. The summed E-state index contributed by atoms with van der Waals surface area (Å²) in [5.41, 5.74) is 2.66. The molecule has 1 aromatic heterocycles. The molecule has 0 saturated carbocycles. The third-order valence-corrected chi connectivity index (χ3v) is 4.37. The molecule has 0 aliphatic carbocycles. The molecule has 1 heterocycles. The molecule has 0 aliphatic rings. The zero-order valence-electron chi connectivity index (χ0n) is 18.1. The van der Waals surface area contributed by atoms with Crippen molar-refractivity contribution in [3.05, 3.63) is 60.4 Å². The standard InChI is InChI=1S/C22H27N5O3.HI/c1-5-23-22(25-16-6-11-20(29-3)21(14-16)30-4)24-15-17-12-13-27(26-17)18-7-9-19(28-2)10-8-18;/h6-14H,5,15H2,1-4H3,(H2,23,24,25);1H. The summed E-state index contributed by atoms with van der Waals surface area (Å²) in [6.45, 7) is 3.19. The number of hydrogen-bond donors (Lipinski definition) is 2. The minimum atomic E-state index is 0. The summed E-state index contributed by atoms with van der Waals surface area (Å²) >= 11 is 0. The molecule has 0 radical (unpaired) electrons. The van der Waals surface area contributed by atoms with Crippen LogP contribution in [0.5, 0.6) is 17.2 Å². The van der Waals surface area contributed by atoms with Crippen LogP contribution in [-0.2, 0) is 6.54 Å². The van der Waals surface area contributed by atoms with Gasteiger partial charge in [0.1, 0.15) is 5.75 Å². The van der Waals surface area contributed by atoms with Crippen LogP contribution in [0.1, 0.15) is 12.6 Å². The van der Waals surface area contributed by atoms with E-state index in [1.165, 1.54) is 0 Å². The minimum absolute atomic E-state index is 0. The number of methoxy groups -OCH3 is 3. The average Bonchev–Trinajstić information content (AvgIpc) is 3.26. The van der Waals surface area contributed by atoms with Crippen LogP contribution < -0.4 is 24.8 Å². The molecule has 0 unspecified atom stereocenters. The van der Waals surface area contributed by atoms with Gasteiger partial charge in [-0.2, -0.15) is 5.10 Å². The van der Waals surface area contributed by atoms with Crippen molar-refractivity contribution in [2.75, 3.05) is 33.2 Å². The first-order valence-corrected chi connectivity index (χ1v) is 9.63. The lowest BCUT2D eigenvalue weighted by atomic mass is 10.3. The fraction of sp³-hybridized carbons (Fsp3) is 0.273. The van der Waals surface area contributed by atoms with Crippen LogP contribution in [0, 0.1) is 0 Å². The summed E-state index contributed by atoms with van der Waals surface area (Å²) in [4.78, 5) is 4.64. The molecule has 9 heteroatoms. The predicted molar refractivity (Wildman–Crippen MR) is 134 cm³/mol. The van der Waals surface area contributed by atoms with Gasteiger partial charge in [0.2, 0.25) is 0 Å². The Hall–Kier alpha value is -2.95. The Bertz CT molecular complexity index is 989. The van der Waals surface area contributed by atoms with E-state index >= 15 is 0 Å². The van der Waals surface area contributed by atoms with Crippen LogP contribution in [0.4, 0.5) is 5.69 Å². The normalized spacial score (nSPS) is 10.8. The first-order chi connectivity index (χ1) is 14.7. The number of aromatic nitrogens is 2. The number of nitrogens with zero attached hydrogens (tertiary/aromatic N) is 3. The second kappa shape index (κ2) is 12.0. The second-order valence-corrected chi connectivity index (χ2v) is 6.34. The fourth-order valence-electron chi connectivity index (χ4n) is 2.84. The van der Waals surface area contributed by atoms with Gasteiger partial charge in [-0.15, -0.1) is 24.0 Å². The number of guanidine groups is 1. The minimum Gasteiger partial charge on any atom is -0.497 e. The zero-order chi connectivity index (χ0) is 21.3. The van der Waals surface area contributed by atoms with Gasteiger partial charge in [0.05, 0.1) is 39.3 Å². The van der Waals surface area contributed by atoms with Crippen LogP contribution in [0.3, 0.4) is 0 Å². The molecule has 0 atom stereocenters. The van der Waals surface area contributed by atoms with E-state index in [0.29, 0.717) is 24.0 Å². The Morgan fingerprint density at radius 2 is 1.71 bits per heavy atom. The maximum atomic E-state index is 5.36. The molecule has 31 heavy (non-hydrogen) atoms. The van der Waals surface area contributed by atoms with Crippen LogP contribution >= 0.6 is 24.0 Å². The molecule has 0 aliphatic heterocycles. The van der Waals surface area contributed by atoms with E-state index in [1.54, 1.807) is 21.3 Å². The number of anilines is 1. The summed E-state index contributed by atoms with van der Waals surface area (Å²) in [6, 6.07) is 15.3. The van der Waals surface area contributed by atoms with Crippen molar-refractivity contribution in [2.45, 2.75) is 13.5 Å². The Kier molecular flexibility index (Phi) is 9.44. The number of nitrogens with one attached hydrogen (secondary N) is 2. The smallest absolute Gasteiger partial charge is 0.196 e. The predicted octanol–water partition coefficient (Wildman–Crippen LogP) is 4.09. The monoisotopic (exact) mass is 537 g/mol. The molecule has 8 nitrogen and oxygen atoms in total. The van der Waals surface area contributed by atoms with E-state index in [0.717, 1.165) is 29.4 Å². The molecule has 2 N–H and O–H groups in total. The van der Waals surface area contributed by atoms with Crippen LogP contribution in [0.15, 0.2) is 59.7 Å². The molecular weight excluding hydrogens is 509 g/mol. The third-order valence-electron chi connectivity index (χ3n) is 4.37. The number of hydrogen-bond acceptors (Lipinski definition) is 5. The Labute approximate surface area is 199 Å². The van der Waals surface area contributed by atoms with Gasteiger partial charge in [-0.1, -0.05) is 0 Å². The average molecular weight is 537 g/mol. The van der Waals surface area contributed by atoms with Gasteiger partial charge in [0.25, 0.3) is 0 Å². The van der Waals surface area contributed by atoms with Crippen molar-refractivity contribution in [2.24, 2.45) is 4.99 Å². The summed E-state index contributed by atoms with van der Waals surface area (Å²) in [6.07, 6.45) is 1.92. The lowest BCUT2D eigenvalue weighted by Crippen LogP contribution is -2.30. The molecule has 3 aromatic rings. The molecule has 2 aromatic carbocycles. The fourth-order valence-corrected chi connectivity index (χ4v) is 2.84. The van der Waals surface area contributed by atoms with Gasteiger partial charge in [-0.25, -0.2) is 9.67 Å². The molecular formula is C22H28IN5O3. The lowest BCUT2D eigenvalue weighted by Gasteiger charge is -2.13. The van der Waals surface area contributed by atoms with Gasteiger partial charge in [-0.3, -0.25) is 0 Å². The van der Waals surface area contributed by atoms with Crippen LogP contribution in [0.25, 0.3) is 5.69 Å². The van der Waals surface area contributed by atoms with Gasteiger partial charge in [0, 0.05) is 24.5 Å². The number of rotatable bonds is 8. The van der Waals surface area contributed by atoms with Crippen LogP contribution in [-0.4, -0.2) is 43.6 Å². The van der Waals surface area contributed by atoms with Gasteiger partial charge >= 0.3 is 0 Å². The highest BCUT2D eigenvalue weighted by Gasteiger charge is 2.07. The van der Waals surface area contributed by atoms with Gasteiger partial charge in [-0.05, 0) is 49.4 Å². The zero-order valence-corrected chi connectivity index (χ0v) is 20.4. The SMILES string of the molecule is CCNC(=NCc1ccn(-c2ccc(OC)cc2)n1)Nc1ccc(OC)c(OC)c1.I. The largest absolute Gasteiger partial charge is 0.497 e. The molecule has 0 bridgehead atoms. The first kappa shape index (κ1) is 24.3. The van der Waals surface area contributed by atoms with E-state index in [-0.39, 0.29) is 24.0 Å². The third kappa shape index (κ3) is 6.51. The quantitative estimate of drug-likeness (QED) is 0.256. The summed E-state index contributed by atoms with van der Waals surface area (Å²) in [5, 5.41) is 11.1. The summed E-state index contributed by atoms with van der Waals surface area (Å²) < 4.78 is 17.7. The van der Waals surface area contributed by atoms with E-state index < -0.39 is 0 Å². The number of benzene rings is 2. The molecule has 0 saturated heterocycles. The Morgan fingerprint density at radius 3 is 2.35 bits per heavy atom. The number of halogens is 1. The van der Waals surface area contributed by atoms with Gasteiger partial charge < -0.3 is 24.8 Å². The molecule has 3 rings (SSSR count). The van der Waals surface area contributed by atoms with Crippen LogP contribution in [0.2, 0.25) is 0 Å². The van der Waals surface area contributed by atoms with E-state index in [4.69, 9.17) is 14.2 Å². The summed E-state index contributed by atoms with van der Waals surface area (Å²) in [7, 11) is 4.87. The molecule has 0 spiro atoms. The lowest BCUT2D eigenvalue weighted by molar-refractivity contribution is 0.355. The van der Waals surface area contributed by atoms with Crippen molar-refractivity contribution in [1.29, 1.82) is 0 Å². The first-order valence-electron chi connectivity index (χ1n) is 9.63. The number of ether oxygens (including phenoxy) is 3. The van der Waals surface area contributed by atoms with Crippen molar-refractivity contribution in [1.82, 2.24) is 15.1 Å². The van der Waals surface area contributed by atoms with Crippen molar-refractivity contribution >= 4 is 35.6 Å². The second-order valence-electron chi connectivity index (χ2n) is 6.34. The molecule has 0 amide bonds. The van der Waals surface area contributed by atoms with Crippen molar-refractivity contribution in [3.63, 3.8) is 0 Å². The van der Waals surface area contributed by atoms with Gasteiger partial charge in [0.15, 0.2) is 17.5 Å². The number of aliphatic imine (C=N–C) groups is 1. The highest BCUT2D eigenvalue weighted by molar-refractivity contribution is 14.0. The van der Waals surface area contributed by atoms with E-state index in [1.807, 2.05) is 66.3 Å². The highest BCUT2D eigenvalue weighted by atomic mass is 127. The highest BCUT2D eigenvalue weighted by Crippen LogP contribution is 2.29.